The van der Waals surface area contributed by atoms with Gasteiger partial charge in [-0.3, -0.25) is 0 Å². The molecule has 43 heavy (non-hydrogen) atoms. The Morgan fingerprint density at radius 3 is 0.744 bits per heavy atom. The molecule has 6 aromatic carbocycles. The Balaban J connectivity index is 1.39. The van der Waals surface area contributed by atoms with E-state index in [0.29, 0.717) is 43.6 Å². The highest BCUT2D eigenvalue weighted by Gasteiger charge is 2.15. The van der Waals surface area contributed by atoms with Crippen molar-refractivity contribution in [2.45, 2.75) is 32.1 Å². The molecule has 6 rings (SSSR count). The Morgan fingerprint density at radius 2 is 0.512 bits per heavy atom. The topological polar surface area (TPSA) is 40.5 Å². The van der Waals surface area contributed by atoms with E-state index in [9.17, 15) is 10.2 Å². The number of phenols is 2. The molecule has 0 bridgehead atoms. The Labute approximate surface area is 254 Å². The van der Waals surface area contributed by atoms with E-state index < -0.39 is 0 Å². The lowest BCUT2D eigenvalue weighted by atomic mass is 9.90. The molecule has 0 saturated heterocycles. The Morgan fingerprint density at radius 1 is 0.279 bits per heavy atom. The molecular weight excluding hydrogens is 524 g/mol. The van der Waals surface area contributed by atoms with Gasteiger partial charge >= 0.3 is 0 Å². The van der Waals surface area contributed by atoms with Crippen LogP contribution < -0.4 is 0 Å². The lowest BCUT2D eigenvalue weighted by Gasteiger charge is -2.17. The molecule has 0 fully saturated rings. The highest BCUT2D eigenvalue weighted by molar-refractivity contribution is 5.52. The Kier molecular flexibility index (Phi) is 8.66. The van der Waals surface area contributed by atoms with Crippen LogP contribution in [0.5, 0.6) is 11.5 Å². The zero-order valence-corrected chi connectivity index (χ0v) is 24.3. The fraction of sp³-hybridized carbons (Fsp3) is 0.122. The zero-order chi connectivity index (χ0) is 29.4. The number of aromatic hydroxyl groups is 2. The van der Waals surface area contributed by atoms with Crippen molar-refractivity contribution in [3.05, 3.63) is 201 Å². The summed E-state index contributed by atoms with van der Waals surface area (Å²) in [7, 11) is 0. The van der Waals surface area contributed by atoms with Gasteiger partial charge in [0.15, 0.2) is 0 Å². The first-order valence-corrected chi connectivity index (χ1v) is 14.9. The van der Waals surface area contributed by atoms with E-state index in [2.05, 4.69) is 72.8 Å². The van der Waals surface area contributed by atoms with E-state index in [-0.39, 0.29) is 0 Å². The van der Waals surface area contributed by atoms with E-state index in [1.54, 1.807) is 0 Å². The summed E-state index contributed by atoms with van der Waals surface area (Å²) in [5.74, 6) is 0.744. The van der Waals surface area contributed by atoms with Gasteiger partial charge in [0.1, 0.15) is 11.5 Å². The zero-order valence-electron chi connectivity index (χ0n) is 24.3. The van der Waals surface area contributed by atoms with Gasteiger partial charge < -0.3 is 10.2 Å². The second kappa shape index (κ2) is 13.3. The molecule has 0 radical (unpaired) electrons. The van der Waals surface area contributed by atoms with E-state index in [0.717, 1.165) is 33.4 Å². The van der Waals surface area contributed by atoms with E-state index in [1.807, 2.05) is 72.8 Å². The van der Waals surface area contributed by atoms with Crippen LogP contribution in [0.15, 0.2) is 146 Å². The molecule has 0 aliphatic heterocycles. The maximum absolute atomic E-state index is 11.4. The minimum atomic E-state index is 0.372. The summed E-state index contributed by atoms with van der Waals surface area (Å²) in [5.41, 5.74) is 10.7. The lowest BCUT2D eigenvalue weighted by Crippen LogP contribution is -2.01. The van der Waals surface area contributed by atoms with Crippen LogP contribution in [0.3, 0.4) is 0 Å². The van der Waals surface area contributed by atoms with Crippen LogP contribution in [0.25, 0.3) is 0 Å². The number of phenolic OH excluding ortho intramolecular Hbond substituents is 2. The molecule has 0 aliphatic carbocycles. The third-order valence-electron chi connectivity index (χ3n) is 8.01. The summed E-state index contributed by atoms with van der Waals surface area (Å²) in [4.78, 5) is 0. The van der Waals surface area contributed by atoms with Crippen molar-refractivity contribution in [1.82, 2.24) is 0 Å². The van der Waals surface area contributed by atoms with Gasteiger partial charge in [-0.25, -0.2) is 0 Å². The molecule has 2 N–H and O–H groups in total. The quantitative estimate of drug-likeness (QED) is 0.175. The van der Waals surface area contributed by atoms with E-state index in [1.165, 1.54) is 22.3 Å². The van der Waals surface area contributed by atoms with Gasteiger partial charge in [0.05, 0.1) is 0 Å². The number of hydrogen-bond donors (Lipinski definition) is 2. The van der Waals surface area contributed by atoms with Crippen LogP contribution in [-0.2, 0) is 32.1 Å². The predicted octanol–water partition coefficient (Wildman–Crippen LogP) is 9.05. The van der Waals surface area contributed by atoms with Crippen molar-refractivity contribution in [2.24, 2.45) is 0 Å². The molecule has 0 saturated carbocycles. The van der Waals surface area contributed by atoms with Gasteiger partial charge in [0, 0.05) is 25.7 Å². The largest absolute Gasteiger partial charge is 0.507 e. The normalized spacial score (nSPS) is 11.0. The van der Waals surface area contributed by atoms with E-state index in [4.69, 9.17) is 0 Å². The summed E-state index contributed by atoms with van der Waals surface area (Å²) in [6.45, 7) is 0. The van der Waals surface area contributed by atoms with Crippen molar-refractivity contribution in [3.63, 3.8) is 0 Å². The maximum atomic E-state index is 11.4. The van der Waals surface area contributed by atoms with Crippen molar-refractivity contribution < 1.29 is 10.2 Å². The van der Waals surface area contributed by atoms with Gasteiger partial charge in [-0.2, -0.15) is 0 Å². The van der Waals surface area contributed by atoms with Gasteiger partial charge in [-0.1, -0.05) is 146 Å². The molecular formula is C41H36O2. The first-order valence-electron chi connectivity index (χ1n) is 14.9. The fourth-order valence-corrected chi connectivity index (χ4v) is 5.91. The van der Waals surface area contributed by atoms with Gasteiger partial charge in [-0.05, 0) is 62.1 Å². The molecule has 0 unspecified atom stereocenters. The van der Waals surface area contributed by atoms with Crippen molar-refractivity contribution in [1.29, 1.82) is 0 Å². The fourth-order valence-electron chi connectivity index (χ4n) is 5.91. The second-order valence-electron chi connectivity index (χ2n) is 11.4. The SMILES string of the molecule is Oc1c(Cc2ccccc2)cc(Cc2cc(Cc3ccccc3)c(O)c(Cc3ccccc3)c2)cc1Cc1ccccc1. The minimum absolute atomic E-state index is 0.372. The smallest absolute Gasteiger partial charge is 0.122 e. The molecule has 0 heterocycles. The molecule has 212 valence electrons. The summed E-state index contributed by atoms with van der Waals surface area (Å²) in [6.07, 6.45) is 3.35. The van der Waals surface area contributed by atoms with Crippen molar-refractivity contribution >= 4 is 0 Å². The van der Waals surface area contributed by atoms with Gasteiger partial charge in [0.25, 0.3) is 0 Å². The van der Waals surface area contributed by atoms with Crippen molar-refractivity contribution in [2.75, 3.05) is 0 Å². The molecule has 0 amide bonds. The van der Waals surface area contributed by atoms with Crippen molar-refractivity contribution in [3.8, 4) is 11.5 Å². The van der Waals surface area contributed by atoms with Gasteiger partial charge in [0.2, 0.25) is 0 Å². The average molecular weight is 561 g/mol. The predicted molar refractivity (Wildman–Crippen MR) is 176 cm³/mol. The summed E-state index contributed by atoms with van der Waals surface area (Å²) in [5, 5.41) is 22.8. The third kappa shape index (κ3) is 7.23. The van der Waals surface area contributed by atoms with Crippen LogP contribution in [0.4, 0.5) is 0 Å². The summed E-state index contributed by atoms with van der Waals surface area (Å²) >= 11 is 0. The average Bonchev–Trinajstić information content (AvgIpc) is 3.04. The van der Waals surface area contributed by atoms with Crippen LogP contribution in [-0.4, -0.2) is 10.2 Å². The highest BCUT2D eigenvalue weighted by atomic mass is 16.3. The monoisotopic (exact) mass is 560 g/mol. The summed E-state index contributed by atoms with van der Waals surface area (Å²) < 4.78 is 0. The number of hydrogen-bond acceptors (Lipinski definition) is 2. The minimum Gasteiger partial charge on any atom is -0.507 e. The van der Waals surface area contributed by atoms with Crippen LogP contribution >= 0.6 is 0 Å². The third-order valence-corrected chi connectivity index (χ3v) is 8.01. The van der Waals surface area contributed by atoms with Gasteiger partial charge in [-0.15, -0.1) is 0 Å². The maximum Gasteiger partial charge on any atom is 0.122 e. The van der Waals surface area contributed by atoms with Crippen LogP contribution in [0, 0.1) is 0 Å². The summed E-state index contributed by atoms with van der Waals surface area (Å²) in [6, 6.07) is 49.9. The molecule has 0 aromatic heterocycles. The molecule has 0 aliphatic rings. The lowest BCUT2D eigenvalue weighted by molar-refractivity contribution is 0.463. The number of rotatable bonds is 10. The molecule has 2 nitrogen and oxygen atoms in total. The first kappa shape index (κ1) is 28.1. The Hall–Kier alpha value is -5.08. The standard InChI is InChI=1S/C41H36O2/c42-40-36(22-30-13-5-1-6-14-30)26-34(27-37(40)23-31-15-7-2-8-16-31)21-35-28-38(24-32-17-9-3-10-18-32)41(43)39(29-35)25-33-19-11-4-12-20-33/h1-20,26-29,42-43H,21-25H2. The van der Waals surface area contributed by atoms with E-state index >= 15 is 0 Å². The molecule has 0 atom stereocenters. The van der Waals surface area contributed by atoms with Crippen LogP contribution in [0.1, 0.15) is 55.6 Å². The molecule has 0 spiro atoms. The Bertz CT molecular complexity index is 1520. The highest BCUT2D eigenvalue weighted by Crippen LogP contribution is 2.33. The van der Waals surface area contributed by atoms with Crippen LogP contribution in [0.2, 0.25) is 0 Å². The number of benzene rings is 6. The molecule has 2 heteroatoms. The first-order chi connectivity index (χ1) is 21.1. The second-order valence-corrected chi connectivity index (χ2v) is 11.4. The molecule has 6 aromatic rings.